The van der Waals surface area contributed by atoms with E-state index >= 15 is 0 Å². The first-order chi connectivity index (χ1) is 8.58. The summed E-state index contributed by atoms with van der Waals surface area (Å²) in [6, 6.07) is 11.0. The largest absolute Gasteiger partial charge is 0.0843 e. The fraction of sp³-hybridized carbons (Fsp3) is 0.143. The van der Waals surface area contributed by atoms with E-state index in [0.717, 1.165) is 24.0 Å². The lowest BCUT2D eigenvalue weighted by Crippen LogP contribution is -1.94. The third kappa shape index (κ3) is 3.33. The molecule has 0 bridgehead atoms. The molecule has 0 aliphatic carbocycles. The van der Waals surface area contributed by atoms with Crippen LogP contribution in [0.3, 0.4) is 0 Å². The first-order valence-electron chi connectivity index (χ1n) is 5.45. The Morgan fingerprint density at radius 1 is 0.722 bits per heavy atom. The summed E-state index contributed by atoms with van der Waals surface area (Å²) in [5.41, 5.74) is 1.99. The van der Waals surface area contributed by atoms with Crippen LogP contribution in [0.5, 0.6) is 0 Å². The maximum atomic E-state index is 6.12. The van der Waals surface area contributed by atoms with Gasteiger partial charge in [0.05, 0.1) is 0 Å². The summed E-state index contributed by atoms with van der Waals surface area (Å²) in [4.78, 5) is 0. The molecule has 2 aromatic rings. The standard InChI is InChI=1S/C14H10Cl4/c15-10-6-4-9(14(18)8-10)5-7-11-12(16)2-1-3-13(11)17/h1-4,6,8H,5,7H2. The van der Waals surface area contributed by atoms with Crippen LogP contribution in [0.4, 0.5) is 0 Å². The molecule has 4 heteroatoms. The number of hydrogen-bond donors (Lipinski definition) is 0. The minimum atomic E-state index is 0.638. The molecule has 0 fully saturated rings. The van der Waals surface area contributed by atoms with Gasteiger partial charge >= 0.3 is 0 Å². The lowest BCUT2D eigenvalue weighted by atomic mass is 10.0. The Labute approximate surface area is 126 Å². The summed E-state index contributed by atoms with van der Waals surface area (Å²) in [5, 5.41) is 2.69. The van der Waals surface area contributed by atoms with Crippen LogP contribution in [-0.4, -0.2) is 0 Å². The second kappa shape index (κ2) is 6.16. The molecule has 0 aliphatic heterocycles. The van der Waals surface area contributed by atoms with Gasteiger partial charge in [0.25, 0.3) is 0 Å². The summed E-state index contributed by atoms with van der Waals surface area (Å²) in [6.45, 7) is 0. The van der Waals surface area contributed by atoms with Crippen LogP contribution in [0.2, 0.25) is 20.1 Å². The number of halogens is 4. The fourth-order valence-electron chi connectivity index (χ4n) is 1.76. The zero-order chi connectivity index (χ0) is 13.1. The number of rotatable bonds is 3. The lowest BCUT2D eigenvalue weighted by Gasteiger charge is -2.08. The van der Waals surface area contributed by atoms with Crippen molar-refractivity contribution in [2.75, 3.05) is 0 Å². The molecule has 0 N–H and O–H groups in total. The van der Waals surface area contributed by atoms with E-state index in [1.807, 2.05) is 30.3 Å². The van der Waals surface area contributed by atoms with Crippen LogP contribution in [-0.2, 0) is 12.8 Å². The molecule has 0 aromatic heterocycles. The topological polar surface area (TPSA) is 0 Å². The Morgan fingerprint density at radius 3 is 2.00 bits per heavy atom. The van der Waals surface area contributed by atoms with E-state index in [4.69, 9.17) is 46.4 Å². The lowest BCUT2D eigenvalue weighted by molar-refractivity contribution is 0.961. The van der Waals surface area contributed by atoms with E-state index in [1.165, 1.54) is 0 Å². The minimum Gasteiger partial charge on any atom is -0.0843 e. The predicted octanol–water partition coefficient (Wildman–Crippen LogP) is 6.09. The molecular formula is C14H10Cl4. The summed E-state index contributed by atoms with van der Waals surface area (Å²) in [7, 11) is 0. The van der Waals surface area contributed by atoms with Crippen LogP contribution >= 0.6 is 46.4 Å². The van der Waals surface area contributed by atoms with Crippen molar-refractivity contribution in [3.05, 3.63) is 67.6 Å². The summed E-state index contributed by atoms with van der Waals surface area (Å²) < 4.78 is 0. The van der Waals surface area contributed by atoms with Gasteiger partial charge in [-0.1, -0.05) is 58.5 Å². The third-order valence-electron chi connectivity index (χ3n) is 2.72. The van der Waals surface area contributed by atoms with E-state index in [9.17, 15) is 0 Å². The van der Waals surface area contributed by atoms with Crippen LogP contribution in [0, 0.1) is 0 Å². The van der Waals surface area contributed by atoms with E-state index in [1.54, 1.807) is 6.07 Å². The van der Waals surface area contributed by atoms with Gasteiger partial charge in [-0.15, -0.1) is 0 Å². The van der Waals surface area contributed by atoms with Crippen molar-refractivity contribution in [3.63, 3.8) is 0 Å². The molecule has 0 heterocycles. The summed E-state index contributed by atoms with van der Waals surface area (Å²) in [6.07, 6.45) is 1.53. The Kier molecular flexibility index (Phi) is 4.80. The van der Waals surface area contributed by atoms with E-state index in [-0.39, 0.29) is 0 Å². The molecule has 0 amide bonds. The Balaban J connectivity index is 2.16. The van der Waals surface area contributed by atoms with Crippen LogP contribution in [0.15, 0.2) is 36.4 Å². The predicted molar refractivity (Wildman–Crippen MR) is 80.3 cm³/mol. The zero-order valence-corrected chi connectivity index (χ0v) is 12.4. The molecule has 0 unspecified atom stereocenters. The molecule has 0 saturated carbocycles. The molecule has 0 saturated heterocycles. The minimum absolute atomic E-state index is 0.638. The van der Waals surface area contributed by atoms with E-state index in [0.29, 0.717) is 20.1 Å². The van der Waals surface area contributed by atoms with Gasteiger partial charge in [-0.25, -0.2) is 0 Å². The Morgan fingerprint density at radius 2 is 1.39 bits per heavy atom. The average Bonchev–Trinajstić information content (AvgIpc) is 2.31. The van der Waals surface area contributed by atoms with Gasteiger partial charge in [0, 0.05) is 20.1 Å². The molecular weight excluding hydrogens is 310 g/mol. The van der Waals surface area contributed by atoms with Crippen LogP contribution in [0.1, 0.15) is 11.1 Å². The van der Waals surface area contributed by atoms with Crippen molar-refractivity contribution in [3.8, 4) is 0 Å². The van der Waals surface area contributed by atoms with Gasteiger partial charge < -0.3 is 0 Å². The molecule has 94 valence electrons. The van der Waals surface area contributed by atoms with E-state index in [2.05, 4.69) is 0 Å². The normalized spacial score (nSPS) is 10.7. The van der Waals surface area contributed by atoms with Crippen molar-refractivity contribution in [1.82, 2.24) is 0 Å². The highest BCUT2D eigenvalue weighted by atomic mass is 35.5. The molecule has 0 spiro atoms. The van der Waals surface area contributed by atoms with Crippen LogP contribution < -0.4 is 0 Å². The smallest absolute Gasteiger partial charge is 0.0452 e. The van der Waals surface area contributed by atoms with Gasteiger partial charge in [-0.3, -0.25) is 0 Å². The highest BCUT2D eigenvalue weighted by Gasteiger charge is 2.07. The van der Waals surface area contributed by atoms with Crippen molar-refractivity contribution in [1.29, 1.82) is 0 Å². The molecule has 0 aliphatic rings. The van der Waals surface area contributed by atoms with Gasteiger partial charge in [0.1, 0.15) is 0 Å². The Hall–Kier alpha value is -0.400. The van der Waals surface area contributed by atoms with Crippen molar-refractivity contribution in [2.24, 2.45) is 0 Å². The SMILES string of the molecule is Clc1ccc(CCc2c(Cl)cccc2Cl)c(Cl)c1. The van der Waals surface area contributed by atoms with Crippen molar-refractivity contribution >= 4 is 46.4 Å². The number of aryl methyl sites for hydroxylation is 1. The average molecular weight is 320 g/mol. The molecule has 0 nitrogen and oxygen atoms in total. The third-order valence-corrected chi connectivity index (χ3v) is 4.02. The summed E-state index contributed by atoms with van der Waals surface area (Å²) >= 11 is 24.2. The second-order valence-corrected chi connectivity index (χ2v) is 5.59. The van der Waals surface area contributed by atoms with Crippen molar-refractivity contribution < 1.29 is 0 Å². The van der Waals surface area contributed by atoms with Gasteiger partial charge in [-0.05, 0) is 48.2 Å². The first kappa shape index (κ1) is 14.0. The maximum absolute atomic E-state index is 6.12. The quantitative estimate of drug-likeness (QED) is 0.642. The van der Waals surface area contributed by atoms with E-state index < -0.39 is 0 Å². The zero-order valence-electron chi connectivity index (χ0n) is 9.39. The maximum Gasteiger partial charge on any atom is 0.0452 e. The first-order valence-corrected chi connectivity index (χ1v) is 6.96. The molecule has 0 radical (unpaired) electrons. The highest BCUT2D eigenvalue weighted by Crippen LogP contribution is 2.27. The number of hydrogen-bond acceptors (Lipinski definition) is 0. The fourth-order valence-corrected chi connectivity index (χ4v) is 2.84. The second-order valence-electron chi connectivity index (χ2n) is 3.94. The molecule has 2 aromatic carbocycles. The van der Waals surface area contributed by atoms with Gasteiger partial charge in [-0.2, -0.15) is 0 Å². The summed E-state index contributed by atoms with van der Waals surface area (Å²) in [5.74, 6) is 0. The number of benzene rings is 2. The molecule has 18 heavy (non-hydrogen) atoms. The molecule has 2 rings (SSSR count). The van der Waals surface area contributed by atoms with Gasteiger partial charge in [0.2, 0.25) is 0 Å². The highest BCUT2D eigenvalue weighted by molar-refractivity contribution is 6.36. The van der Waals surface area contributed by atoms with Crippen LogP contribution in [0.25, 0.3) is 0 Å². The van der Waals surface area contributed by atoms with Gasteiger partial charge in [0.15, 0.2) is 0 Å². The monoisotopic (exact) mass is 318 g/mol. The van der Waals surface area contributed by atoms with Crippen molar-refractivity contribution in [2.45, 2.75) is 12.8 Å². The molecule has 0 atom stereocenters. The Bertz CT molecular complexity index is 543.